The lowest BCUT2D eigenvalue weighted by Gasteiger charge is -2.27. The number of methoxy groups -OCH3 is 2. The van der Waals surface area contributed by atoms with Crippen molar-refractivity contribution in [1.82, 2.24) is 4.90 Å². The molecule has 0 radical (unpaired) electrons. The molecular weight excluding hydrogens is 299 g/mol. The van der Waals surface area contributed by atoms with E-state index in [1.807, 2.05) is 12.1 Å². The van der Waals surface area contributed by atoms with Crippen LogP contribution in [0.4, 0.5) is 0 Å². The summed E-state index contributed by atoms with van der Waals surface area (Å²) < 4.78 is 10.9. The number of benzene rings is 1. The molecule has 1 aliphatic heterocycles. The van der Waals surface area contributed by atoms with Crippen LogP contribution in [0.25, 0.3) is 0 Å². The van der Waals surface area contributed by atoms with Gasteiger partial charge < -0.3 is 15.2 Å². The topological polar surface area (TPSA) is 47.7 Å². The van der Waals surface area contributed by atoms with E-state index in [1.165, 1.54) is 0 Å². The summed E-state index contributed by atoms with van der Waals surface area (Å²) in [6.45, 7) is 1.99. The molecule has 1 aromatic rings. The van der Waals surface area contributed by atoms with Crippen LogP contribution in [0.5, 0.6) is 0 Å². The van der Waals surface area contributed by atoms with Crippen LogP contribution in [-0.2, 0) is 9.47 Å². The normalized spacial score (nSPS) is 25.1. The second-order valence-corrected chi connectivity index (χ2v) is 5.68. The van der Waals surface area contributed by atoms with Gasteiger partial charge in [0.1, 0.15) is 0 Å². The molecule has 1 aliphatic rings. The Hall–Kier alpha value is -0.360. The number of hydrogen-bond donors (Lipinski definition) is 1. The first-order valence-electron chi connectivity index (χ1n) is 6.56. The fourth-order valence-electron chi connectivity index (χ4n) is 2.73. The third kappa shape index (κ3) is 3.11. The lowest BCUT2D eigenvalue weighted by molar-refractivity contribution is -0.00461. The predicted octanol–water partition coefficient (Wildman–Crippen LogP) is 2.34. The van der Waals surface area contributed by atoms with Crippen LogP contribution in [0.2, 0.25) is 10.0 Å². The van der Waals surface area contributed by atoms with Gasteiger partial charge in [0, 0.05) is 39.9 Å². The third-order valence-corrected chi connectivity index (χ3v) is 4.69. The Morgan fingerprint density at radius 3 is 2.35 bits per heavy atom. The fraction of sp³-hybridized carbons (Fsp3) is 0.571. The van der Waals surface area contributed by atoms with E-state index in [1.54, 1.807) is 20.3 Å². The highest BCUT2D eigenvalue weighted by atomic mass is 35.5. The maximum Gasteiger partial charge on any atom is 0.0972 e. The van der Waals surface area contributed by atoms with E-state index in [0.29, 0.717) is 16.6 Å². The monoisotopic (exact) mass is 318 g/mol. The minimum absolute atomic E-state index is 0.0130. The van der Waals surface area contributed by atoms with Gasteiger partial charge in [-0.05, 0) is 11.6 Å². The van der Waals surface area contributed by atoms with E-state index in [9.17, 15) is 0 Å². The Morgan fingerprint density at radius 1 is 1.25 bits per heavy atom. The molecule has 1 fully saturated rings. The van der Waals surface area contributed by atoms with Crippen LogP contribution in [-0.4, -0.2) is 51.0 Å². The smallest absolute Gasteiger partial charge is 0.0972 e. The maximum absolute atomic E-state index is 6.31. The summed E-state index contributed by atoms with van der Waals surface area (Å²) >= 11 is 12.4. The van der Waals surface area contributed by atoms with Crippen molar-refractivity contribution in [2.45, 2.75) is 18.2 Å². The molecule has 0 spiro atoms. The first-order chi connectivity index (χ1) is 9.62. The predicted molar refractivity (Wildman–Crippen MR) is 81.4 cm³/mol. The fourth-order valence-corrected chi connectivity index (χ4v) is 3.16. The average Bonchev–Trinajstić information content (AvgIpc) is 2.87. The van der Waals surface area contributed by atoms with Gasteiger partial charge in [-0.2, -0.15) is 0 Å². The summed E-state index contributed by atoms with van der Waals surface area (Å²) in [5, 5.41) is 1.12. The summed E-state index contributed by atoms with van der Waals surface area (Å²) in [6, 6.07) is 5.65. The van der Waals surface area contributed by atoms with E-state index in [2.05, 4.69) is 4.90 Å². The van der Waals surface area contributed by atoms with E-state index in [0.717, 1.165) is 18.7 Å². The van der Waals surface area contributed by atoms with Crippen molar-refractivity contribution >= 4 is 23.2 Å². The molecule has 0 saturated carbocycles. The molecule has 2 N–H and O–H groups in total. The summed E-state index contributed by atoms with van der Waals surface area (Å²) in [7, 11) is 3.40. The number of nitrogens with zero attached hydrogens (tertiary/aromatic N) is 1. The number of likely N-dealkylation sites (tertiary alicyclic amines) is 1. The minimum Gasteiger partial charge on any atom is -0.377 e. The summed E-state index contributed by atoms with van der Waals surface area (Å²) in [6.07, 6.45) is 0.0963. The second-order valence-electron chi connectivity index (χ2n) is 4.90. The Morgan fingerprint density at radius 2 is 1.85 bits per heavy atom. The molecule has 1 aromatic carbocycles. The van der Waals surface area contributed by atoms with Crippen molar-refractivity contribution in [2.75, 3.05) is 33.9 Å². The molecule has 0 aliphatic carbocycles. The van der Waals surface area contributed by atoms with E-state index >= 15 is 0 Å². The van der Waals surface area contributed by atoms with Gasteiger partial charge in [0.25, 0.3) is 0 Å². The standard InChI is InChI=1S/C14H20Cl2N2O2/c1-19-12-7-18(8-13(12)20-2)11(6-17)9-4-3-5-10(15)14(9)16/h3-5,11-13H,6-8,17H2,1-2H3. The molecular formula is C14H20Cl2N2O2. The highest BCUT2D eigenvalue weighted by Crippen LogP contribution is 2.34. The molecule has 2 rings (SSSR count). The van der Waals surface area contributed by atoms with Crippen molar-refractivity contribution in [3.63, 3.8) is 0 Å². The van der Waals surface area contributed by atoms with E-state index in [-0.39, 0.29) is 18.2 Å². The number of ether oxygens (including phenoxy) is 2. The summed E-state index contributed by atoms with van der Waals surface area (Å²) in [4.78, 5) is 2.24. The Bertz CT molecular complexity index is 447. The first-order valence-corrected chi connectivity index (χ1v) is 7.31. The molecule has 112 valence electrons. The van der Waals surface area contributed by atoms with Gasteiger partial charge in [-0.3, -0.25) is 4.90 Å². The van der Waals surface area contributed by atoms with Crippen molar-refractivity contribution < 1.29 is 9.47 Å². The third-order valence-electron chi connectivity index (χ3n) is 3.85. The molecule has 3 atom stereocenters. The Balaban J connectivity index is 2.23. The molecule has 3 unspecified atom stereocenters. The maximum atomic E-state index is 6.31. The summed E-state index contributed by atoms with van der Waals surface area (Å²) in [5.41, 5.74) is 6.90. The van der Waals surface area contributed by atoms with Gasteiger partial charge in [-0.25, -0.2) is 0 Å². The van der Waals surface area contributed by atoms with E-state index in [4.69, 9.17) is 38.4 Å². The van der Waals surface area contributed by atoms with Gasteiger partial charge in [0.15, 0.2) is 0 Å². The quantitative estimate of drug-likeness (QED) is 0.905. The molecule has 1 saturated heterocycles. The van der Waals surface area contributed by atoms with Crippen molar-refractivity contribution in [3.05, 3.63) is 33.8 Å². The number of hydrogen-bond acceptors (Lipinski definition) is 4. The molecule has 0 aromatic heterocycles. The molecule has 0 amide bonds. The van der Waals surface area contributed by atoms with Crippen molar-refractivity contribution in [3.8, 4) is 0 Å². The first kappa shape index (κ1) is 16.0. The lowest BCUT2D eigenvalue weighted by atomic mass is 10.1. The van der Waals surface area contributed by atoms with E-state index < -0.39 is 0 Å². The number of nitrogens with two attached hydrogens (primary N) is 1. The number of rotatable bonds is 5. The highest BCUT2D eigenvalue weighted by molar-refractivity contribution is 6.42. The zero-order valence-electron chi connectivity index (χ0n) is 11.7. The van der Waals surface area contributed by atoms with Crippen LogP contribution in [0.15, 0.2) is 18.2 Å². The lowest BCUT2D eigenvalue weighted by Crippen LogP contribution is -2.33. The minimum atomic E-state index is 0.0130. The van der Waals surface area contributed by atoms with Crippen LogP contribution in [0, 0.1) is 0 Å². The van der Waals surface area contributed by atoms with Crippen molar-refractivity contribution in [1.29, 1.82) is 0 Å². The second kappa shape index (κ2) is 7.07. The van der Waals surface area contributed by atoms with Crippen LogP contribution in [0.3, 0.4) is 0 Å². The van der Waals surface area contributed by atoms with Crippen LogP contribution in [0.1, 0.15) is 11.6 Å². The molecule has 1 heterocycles. The highest BCUT2D eigenvalue weighted by Gasteiger charge is 2.37. The Labute approximate surface area is 129 Å². The largest absolute Gasteiger partial charge is 0.377 e. The van der Waals surface area contributed by atoms with Crippen molar-refractivity contribution in [2.24, 2.45) is 5.73 Å². The van der Waals surface area contributed by atoms with Gasteiger partial charge >= 0.3 is 0 Å². The molecule has 4 nitrogen and oxygen atoms in total. The molecule has 6 heteroatoms. The van der Waals surface area contributed by atoms with Crippen LogP contribution >= 0.6 is 23.2 Å². The zero-order valence-corrected chi connectivity index (χ0v) is 13.2. The van der Waals surface area contributed by atoms with Gasteiger partial charge in [0.2, 0.25) is 0 Å². The van der Waals surface area contributed by atoms with Gasteiger partial charge in [-0.15, -0.1) is 0 Å². The van der Waals surface area contributed by atoms with Gasteiger partial charge in [0.05, 0.1) is 22.3 Å². The summed E-state index contributed by atoms with van der Waals surface area (Å²) in [5.74, 6) is 0. The average molecular weight is 319 g/mol. The Kier molecular flexibility index (Phi) is 5.66. The number of halogens is 2. The zero-order chi connectivity index (χ0) is 14.7. The molecule has 0 bridgehead atoms. The SMILES string of the molecule is COC1CN(C(CN)c2cccc(Cl)c2Cl)CC1OC. The molecule has 20 heavy (non-hydrogen) atoms. The van der Waals surface area contributed by atoms with Gasteiger partial charge in [-0.1, -0.05) is 35.3 Å². The van der Waals surface area contributed by atoms with Crippen LogP contribution < -0.4 is 5.73 Å².